The van der Waals surface area contributed by atoms with Crippen molar-refractivity contribution in [1.29, 1.82) is 0 Å². The minimum atomic E-state index is -0.182. The zero-order valence-corrected chi connectivity index (χ0v) is 13.1. The summed E-state index contributed by atoms with van der Waals surface area (Å²) in [7, 11) is 0. The highest BCUT2D eigenvalue weighted by atomic mass is 16.5. The Kier molecular flexibility index (Phi) is 8.66. The molecule has 3 heterocycles. The van der Waals surface area contributed by atoms with Crippen LogP contribution in [0.3, 0.4) is 0 Å². The van der Waals surface area contributed by atoms with E-state index in [1.165, 1.54) is 6.42 Å². The van der Waals surface area contributed by atoms with E-state index in [9.17, 15) is 9.59 Å². The Hall–Kier alpha value is -1.18. The van der Waals surface area contributed by atoms with E-state index in [0.29, 0.717) is 32.2 Å². The molecule has 0 aliphatic carbocycles. The van der Waals surface area contributed by atoms with Gasteiger partial charge in [0, 0.05) is 38.6 Å². The van der Waals surface area contributed by atoms with E-state index < -0.39 is 0 Å². The molecule has 7 nitrogen and oxygen atoms in total. The molecular weight excluding hydrogens is 308 g/mol. The van der Waals surface area contributed by atoms with Gasteiger partial charge in [-0.2, -0.15) is 0 Å². The second-order valence-electron chi connectivity index (χ2n) is 6.36. The third-order valence-electron chi connectivity index (χ3n) is 4.78. The van der Waals surface area contributed by atoms with Crippen LogP contribution in [0.15, 0.2) is 0 Å². The van der Waals surface area contributed by atoms with Crippen molar-refractivity contribution in [2.75, 3.05) is 59.1 Å². The van der Waals surface area contributed by atoms with Gasteiger partial charge in [-0.15, -0.1) is 0 Å². The number of hydrogen-bond donors (Lipinski definition) is 1. The minimum absolute atomic E-state index is 0. The van der Waals surface area contributed by atoms with Crippen LogP contribution < -0.4 is 5.32 Å². The molecule has 1 atom stereocenters. The Morgan fingerprint density at radius 3 is 2.75 bits per heavy atom. The number of nitrogens with one attached hydrogen (secondary N) is 1. The number of carbonyl (C=O) groups excluding carboxylic acids is 2. The molecule has 140 valence electrons. The first-order valence-corrected chi connectivity index (χ1v) is 8.33. The van der Waals surface area contributed by atoms with Crippen molar-refractivity contribution in [3.63, 3.8) is 0 Å². The Labute approximate surface area is 146 Å². The average molecular weight is 342 g/mol. The number of likely N-dealkylation sites (tertiary alicyclic amines) is 1. The van der Waals surface area contributed by atoms with E-state index in [4.69, 9.17) is 4.74 Å². The summed E-state index contributed by atoms with van der Waals surface area (Å²) in [6.45, 7) is 6.96. The standard InChI is InChI=1S/C15H26N4O3.2CH4/c20-14-2-1-5-18(14)8-9-22-15(21)11-17-6-7-19(12-17)13-3-4-16-10-13;;/h13,16H,1-12H2;2*1H4. The Morgan fingerprint density at radius 2 is 2.08 bits per heavy atom. The van der Waals surface area contributed by atoms with Gasteiger partial charge in [-0.1, -0.05) is 14.9 Å². The fourth-order valence-corrected chi connectivity index (χ4v) is 3.48. The average Bonchev–Trinajstić information content (AvgIpc) is 3.21. The van der Waals surface area contributed by atoms with Gasteiger partial charge in [0.15, 0.2) is 0 Å². The lowest BCUT2D eigenvalue weighted by Gasteiger charge is -2.23. The molecule has 0 bridgehead atoms. The molecule has 1 amide bonds. The highest BCUT2D eigenvalue weighted by molar-refractivity contribution is 5.78. The number of carbonyl (C=O) groups is 2. The van der Waals surface area contributed by atoms with Crippen molar-refractivity contribution in [1.82, 2.24) is 20.0 Å². The van der Waals surface area contributed by atoms with Crippen LogP contribution in [-0.4, -0.2) is 91.7 Å². The molecule has 3 aliphatic rings. The number of ether oxygens (including phenoxy) is 1. The van der Waals surface area contributed by atoms with Gasteiger partial charge in [-0.05, 0) is 19.4 Å². The molecular formula is C17H34N4O3. The maximum Gasteiger partial charge on any atom is 0.320 e. The molecule has 24 heavy (non-hydrogen) atoms. The van der Waals surface area contributed by atoms with E-state index in [1.807, 2.05) is 0 Å². The zero-order valence-electron chi connectivity index (χ0n) is 13.1. The molecule has 7 heteroatoms. The maximum atomic E-state index is 11.9. The molecule has 3 fully saturated rings. The highest BCUT2D eigenvalue weighted by Gasteiger charge is 2.29. The van der Waals surface area contributed by atoms with Crippen molar-refractivity contribution in [2.24, 2.45) is 0 Å². The van der Waals surface area contributed by atoms with Crippen molar-refractivity contribution in [3.05, 3.63) is 0 Å². The number of esters is 1. The van der Waals surface area contributed by atoms with Crippen molar-refractivity contribution in [2.45, 2.75) is 40.2 Å². The van der Waals surface area contributed by atoms with Crippen molar-refractivity contribution < 1.29 is 14.3 Å². The van der Waals surface area contributed by atoms with E-state index in [-0.39, 0.29) is 26.7 Å². The number of amides is 1. The second kappa shape index (κ2) is 9.96. The molecule has 1 unspecified atom stereocenters. The topological polar surface area (TPSA) is 65.1 Å². The van der Waals surface area contributed by atoms with Gasteiger partial charge in [0.05, 0.1) is 19.8 Å². The largest absolute Gasteiger partial charge is 0.463 e. The predicted octanol–water partition coefficient (Wildman–Crippen LogP) is 0.361. The normalized spacial score (nSPS) is 24.8. The van der Waals surface area contributed by atoms with Crippen LogP contribution in [0.4, 0.5) is 0 Å². The third-order valence-corrected chi connectivity index (χ3v) is 4.78. The first kappa shape index (κ1) is 20.9. The van der Waals surface area contributed by atoms with Gasteiger partial charge in [0.25, 0.3) is 0 Å². The molecule has 0 radical (unpaired) electrons. The lowest BCUT2D eigenvalue weighted by Crippen LogP contribution is -2.38. The molecule has 0 aromatic rings. The summed E-state index contributed by atoms with van der Waals surface area (Å²) in [5.74, 6) is -0.00514. The smallest absolute Gasteiger partial charge is 0.320 e. The van der Waals surface area contributed by atoms with Gasteiger partial charge in [0.1, 0.15) is 6.61 Å². The quantitative estimate of drug-likeness (QED) is 0.703. The molecule has 3 saturated heterocycles. The first-order chi connectivity index (χ1) is 10.7. The molecule has 3 rings (SSSR count). The monoisotopic (exact) mass is 342 g/mol. The number of hydrogen-bond acceptors (Lipinski definition) is 6. The summed E-state index contributed by atoms with van der Waals surface area (Å²) in [6.07, 6.45) is 2.75. The third kappa shape index (κ3) is 5.43. The van der Waals surface area contributed by atoms with Gasteiger partial charge in [-0.3, -0.25) is 19.4 Å². The molecule has 1 N–H and O–H groups in total. The van der Waals surface area contributed by atoms with E-state index in [0.717, 1.165) is 45.8 Å². The minimum Gasteiger partial charge on any atom is -0.463 e. The Morgan fingerprint density at radius 1 is 1.25 bits per heavy atom. The summed E-state index contributed by atoms with van der Waals surface area (Å²) in [6, 6.07) is 0.613. The maximum absolute atomic E-state index is 11.9. The van der Waals surface area contributed by atoms with Gasteiger partial charge in [-0.25, -0.2) is 0 Å². The predicted molar refractivity (Wildman–Crippen MR) is 94.7 cm³/mol. The molecule has 0 spiro atoms. The summed E-state index contributed by atoms with van der Waals surface area (Å²) < 4.78 is 5.27. The lowest BCUT2D eigenvalue weighted by atomic mass is 10.2. The summed E-state index contributed by atoms with van der Waals surface area (Å²) >= 11 is 0. The summed E-state index contributed by atoms with van der Waals surface area (Å²) in [5, 5.41) is 3.38. The molecule has 0 saturated carbocycles. The van der Waals surface area contributed by atoms with E-state index in [2.05, 4.69) is 15.1 Å². The van der Waals surface area contributed by atoms with Crippen molar-refractivity contribution in [3.8, 4) is 0 Å². The lowest BCUT2D eigenvalue weighted by molar-refractivity contribution is -0.146. The van der Waals surface area contributed by atoms with E-state index >= 15 is 0 Å². The van der Waals surface area contributed by atoms with Crippen LogP contribution in [0.1, 0.15) is 34.1 Å². The van der Waals surface area contributed by atoms with Crippen molar-refractivity contribution >= 4 is 11.9 Å². The van der Waals surface area contributed by atoms with Crippen LogP contribution in [0.5, 0.6) is 0 Å². The summed E-state index contributed by atoms with van der Waals surface area (Å²) in [5.41, 5.74) is 0. The van der Waals surface area contributed by atoms with Gasteiger partial charge < -0.3 is 15.0 Å². The molecule has 0 aromatic heterocycles. The molecule has 3 aliphatic heterocycles. The highest BCUT2D eigenvalue weighted by Crippen LogP contribution is 2.14. The van der Waals surface area contributed by atoms with Crippen LogP contribution in [-0.2, 0) is 14.3 Å². The van der Waals surface area contributed by atoms with Gasteiger partial charge >= 0.3 is 5.97 Å². The Bertz CT molecular complexity index is 413. The van der Waals surface area contributed by atoms with Crippen LogP contribution in [0, 0.1) is 0 Å². The summed E-state index contributed by atoms with van der Waals surface area (Å²) in [4.78, 5) is 29.7. The van der Waals surface area contributed by atoms with Crippen LogP contribution >= 0.6 is 0 Å². The zero-order chi connectivity index (χ0) is 15.4. The fourth-order valence-electron chi connectivity index (χ4n) is 3.48. The Balaban J connectivity index is 0.00000144. The number of nitrogens with zero attached hydrogens (tertiary/aromatic N) is 3. The molecule has 0 aromatic carbocycles. The van der Waals surface area contributed by atoms with E-state index in [1.54, 1.807) is 4.90 Å². The van der Waals surface area contributed by atoms with Crippen LogP contribution in [0.25, 0.3) is 0 Å². The fraction of sp³-hybridized carbons (Fsp3) is 0.882. The second-order valence-corrected chi connectivity index (χ2v) is 6.36. The first-order valence-electron chi connectivity index (χ1n) is 8.33. The number of rotatable bonds is 6. The van der Waals surface area contributed by atoms with Gasteiger partial charge in [0.2, 0.25) is 5.91 Å². The van der Waals surface area contributed by atoms with Crippen LogP contribution in [0.2, 0.25) is 0 Å². The SMILES string of the molecule is C.C.O=C(CN1CCN(C2CCNC2)C1)OCCN1CCCC1=O.